The summed E-state index contributed by atoms with van der Waals surface area (Å²) in [5, 5.41) is 10.7. The zero-order chi connectivity index (χ0) is 15.7. The number of hydrogen-bond donors (Lipinski definition) is 1. The molecule has 0 atom stereocenters. The van der Waals surface area contributed by atoms with Gasteiger partial charge in [-0.2, -0.15) is 5.10 Å². The molecule has 0 saturated carbocycles. The van der Waals surface area contributed by atoms with Crippen LogP contribution in [-0.2, 0) is 18.4 Å². The molecule has 3 aromatic heterocycles. The van der Waals surface area contributed by atoms with Crippen molar-refractivity contribution in [3.8, 4) is 0 Å². The zero-order valence-corrected chi connectivity index (χ0v) is 12.1. The van der Waals surface area contributed by atoms with E-state index >= 15 is 0 Å². The number of aromatic nitrogens is 5. The number of amides is 1. The van der Waals surface area contributed by atoms with Crippen molar-refractivity contribution in [2.75, 3.05) is 5.32 Å². The highest BCUT2D eigenvalue weighted by Crippen LogP contribution is 2.08. The Bertz CT molecular complexity index is 891. The summed E-state index contributed by atoms with van der Waals surface area (Å²) in [6.45, 7) is 1.95. The van der Waals surface area contributed by atoms with Crippen molar-refractivity contribution in [3.63, 3.8) is 0 Å². The summed E-state index contributed by atoms with van der Waals surface area (Å²) in [5.41, 5.74) is 0.298. The van der Waals surface area contributed by atoms with E-state index in [0.717, 1.165) is 0 Å². The molecule has 114 valence electrons. The quantitative estimate of drug-likeness (QED) is 0.750. The standard InChI is InChI=1S/C13H14N6O3/c1-8-5-10(17-22-8)16-11(20)3-4-19-7-14-12-9(13(19)21)6-15-18(12)2/h5-7H,3-4H2,1-2H3,(H,16,17,20). The Morgan fingerprint density at radius 3 is 3.00 bits per heavy atom. The molecule has 1 amide bonds. The van der Waals surface area contributed by atoms with Gasteiger partial charge in [-0.25, -0.2) is 4.98 Å². The number of rotatable bonds is 4. The molecule has 0 saturated heterocycles. The molecule has 0 aliphatic heterocycles. The van der Waals surface area contributed by atoms with Gasteiger partial charge in [0.1, 0.15) is 11.1 Å². The van der Waals surface area contributed by atoms with Gasteiger partial charge in [-0.15, -0.1) is 0 Å². The van der Waals surface area contributed by atoms with E-state index in [0.29, 0.717) is 22.6 Å². The summed E-state index contributed by atoms with van der Waals surface area (Å²) < 4.78 is 7.77. The van der Waals surface area contributed by atoms with Crippen LogP contribution in [0.4, 0.5) is 5.82 Å². The molecule has 3 rings (SSSR count). The first-order valence-corrected chi connectivity index (χ1v) is 6.65. The highest BCUT2D eigenvalue weighted by atomic mass is 16.5. The molecule has 0 spiro atoms. The number of anilines is 1. The van der Waals surface area contributed by atoms with Crippen LogP contribution < -0.4 is 10.9 Å². The predicted molar refractivity (Wildman–Crippen MR) is 77.3 cm³/mol. The third kappa shape index (κ3) is 2.60. The lowest BCUT2D eigenvalue weighted by atomic mass is 10.3. The number of hydrogen-bond acceptors (Lipinski definition) is 6. The SMILES string of the molecule is Cc1cc(NC(=O)CCn2cnc3c(cnn3C)c2=O)no1. The number of fused-ring (bicyclic) bond motifs is 1. The van der Waals surface area contributed by atoms with E-state index in [-0.39, 0.29) is 24.4 Å². The van der Waals surface area contributed by atoms with Gasteiger partial charge in [0, 0.05) is 26.1 Å². The number of carbonyl (C=O) groups excluding carboxylic acids is 1. The van der Waals surface area contributed by atoms with Gasteiger partial charge in [0.25, 0.3) is 5.56 Å². The molecule has 22 heavy (non-hydrogen) atoms. The van der Waals surface area contributed by atoms with Crippen LogP contribution in [0.5, 0.6) is 0 Å². The van der Waals surface area contributed by atoms with Gasteiger partial charge in [-0.1, -0.05) is 5.16 Å². The molecule has 0 radical (unpaired) electrons. The average molecular weight is 302 g/mol. The zero-order valence-electron chi connectivity index (χ0n) is 12.1. The monoisotopic (exact) mass is 302 g/mol. The molecule has 0 aliphatic rings. The first kappa shape index (κ1) is 14.0. The number of nitrogens with one attached hydrogen (secondary N) is 1. The summed E-state index contributed by atoms with van der Waals surface area (Å²) >= 11 is 0. The summed E-state index contributed by atoms with van der Waals surface area (Å²) in [6, 6.07) is 1.62. The third-order valence-electron chi connectivity index (χ3n) is 3.19. The molecule has 0 unspecified atom stereocenters. The Labute approximate surface area is 124 Å². The van der Waals surface area contributed by atoms with E-state index in [1.165, 1.54) is 21.8 Å². The van der Waals surface area contributed by atoms with Crippen molar-refractivity contribution in [1.82, 2.24) is 24.5 Å². The molecule has 0 fully saturated rings. The lowest BCUT2D eigenvalue weighted by Gasteiger charge is -2.05. The van der Waals surface area contributed by atoms with Crippen molar-refractivity contribution in [1.29, 1.82) is 0 Å². The number of nitrogens with zero attached hydrogens (tertiary/aromatic N) is 5. The molecule has 0 bridgehead atoms. The molecule has 0 aromatic carbocycles. The van der Waals surface area contributed by atoms with Crippen molar-refractivity contribution >= 4 is 22.8 Å². The molecule has 3 aromatic rings. The van der Waals surface area contributed by atoms with E-state index in [2.05, 4.69) is 20.6 Å². The van der Waals surface area contributed by atoms with E-state index in [1.54, 1.807) is 20.0 Å². The average Bonchev–Trinajstić information content (AvgIpc) is 3.05. The van der Waals surface area contributed by atoms with Gasteiger partial charge < -0.3 is 9.84 Å². The van der Waals surface area contributed by atoms with E-state index in [4.69, 9.17) is 4.52 Å². The first-order chi connectivity index (χ1) is 10.5. The summed E-state index contributed by atoms with van der Waals surface area (Å²) in [7, 11) is 1.71. The molecule has 9 nitrogen and oxygen atoms in total. The Hall–Kier alpha value is -2.97. The second kappa shape index (κ2) is 5.43. The van der Waals surface area contributed by atoms with Crippen molar-refractivity contribution in [3.05, 3.63) is 34.7 Å². The van der Waals surface area contributed by atoms with Crippen LogP contribution in [0.3, 0.4) is 0 Å². The second-order valence-electron chi connectivity index (χ2n) is 4.87. The van der Waals surface area contributed by atoms with Crippen LogP contribution in [0.25, 0.3) is 11.0 Å². The fraction of sp³-hybridized carbons (Fsp3) is 0.308. The maximum Gasteiger partial charge on any atom is 0.264 e. The van der Waals surface area contributed by atoms with Crippen molar-refractivity contribution in [2.24, 2.45) is 7.05 Å². The lowest BCUT2D eigenvalue weighted by Crippen LogP contribution is -2.23. The van der Waals surface area contributed by atoms with Crippen LogP contribution in [0.2, 0.25) is 0 Å². The van der Waals surface area contributed by atoms with Crippen LogP contribution in [-0.4, -0.2) is 30.4 Å². The summed E-state index contributed by atoms with van der Waals surface area (Å²) in [4.78, 5) is 28.2. The van der Waals surface area contributed by atoms with Gasteiger partial charge in [0.2, 0.25) is 5.91 Å². The minimum Gasteiger partial charge on any atom is -0.360 e. The van der Waals surface area contributed by atoms with Crippen LogP contribution in [0.15, 0.2) is 27.9 Å². The smallest absolute Gasteiger partial charge is 0.264 e. The summed E-state index contributed by atoms with van der Waals surface area (Å²) in [5.74, 6) is 0.708. The normalized spacial score (nSPS) is 11.0. The third-order valence-corrected chi connectivity index (χ3v) is 3.19. The maximum atomic E-state index is 12.2. The highest BCUT2D eigenvalue weighted by molar-refractivity contribution is 5.89. The predicted octanol–water partition coefficient (Wildman–Crippen LogP) is 0.455. The molecule has 3 heterocycles. The molecule has 0 aliphatic carbocycles. The minimum atomic E-state index is -0.258. The lowest BCUT2D eigenvalue weighted by molar-refractivity contribution is -0.116. The van der Waals surface area contributed by atoms with E-state index in [9.17, 15) is 9.59 Å². The molecular formula is C13H14N6O3. The second-order valence-corrected chi connectivity index (χ2v) is 4.87. The summed E-state index contributed by atoms with van der Waals surface area (Å²) in [6.07, 6.45) is 3.01. The maximum absolute atomic E-state index is 12.2. The van der Waals surface area contributed by atoms with Crippen LogP contribution in [0, 0.1) is 6.92 Å². The largest absolute Gasteiger partial charge is 0.360 e. The molecule has 9 heteroatoms. The van der Waals surface area contributed by atoms with Crippen molar-refractivity contribution in [2.45, 2.75) is 19.9 Å². The number of carbonyl (C=O) groups is 1. The number of aryl methyl sites for hydroxylation is 3. The fourth-order valence-corrected chi connectivity index (χ4v) is 2.08. The van der Waals surface area contributed by atoms with Gasteiger partial charge in [-0.05, 0) is 6.92 Å². The Balaban J connectivity index is 1.70. The van der Waals surface area contributed by atoms with Gasteiger partial charge in [0.15, 0.2) is 11.5 Å². The Morgan fingerprint density at radius 1 is 1.45 bits per heavy atom. The van der Waals surface area contributed by atoms with E-state index < -0.39 is 0 Å². The van der Waals surface area contributed by atoms with E-state index in [1.807, 2.05) is 0 Å². The van der Waals surface area contributed by atoms with Crippen LogP contribution >= 0.6 is 0 Å². The van der Waals surface area contributed by atoms with Gasteiger partial charge in [0.05, 0.1) is 12.5 Å². The topological polar surface area (TPSA) is 108 Å². The Morgan fingerprint density at radius 2 is 2.27 bits per heavy atom. The fourth-order valence-electron chi connectivity index (χ4n) is 2.08. The van der Waals surface area contributed by atoms with Gasteiger partial charge in [-0.3, -0.25) is 18.8 Å². The molecular weight excluding hydrogens is 288 g/mol. The van der Waals surface area contributed by atoms with Crippen LogP contribution in [0.1, 0.15) is 12.2 Å². The minimum absolute atomic E-state index is 0.124. The highest BCUT2D eigenvalue weighted by Gasteiger charge is 2.10. The molecule has 1 N–H and O–H groups in total. The first-order valence-electron chi connectivity index (χ1n) is 6.65. The van der Waals surface area contributed by atoms with Crippen molar-refractivity contribution < 1.29 is 9.32 Å². The van der Waals surface area contributed by atoms with Gasteiger partial charge >= 0.3 is 0 Å². The Kier molecular flexibility index (Phi) is 3.45.